The first-order chi connectivity index (χ1) is 9.89. The van der Waals surface area contributed by atoms with E-state index in [0.29, 0.717) is 24.3 Å². The van der Waals surface area contributed by atoms with E-state index in [1.54, 1.807) is 20.1 Å². The zero-order chi connectivity index (χ0) is 15.6. The summed E-state index contributed by atoms with van der Waals surface area (Å²) in [5.41, 5.74) is 2.02. The van der Waals surface area contributed by atoms with E-state index in [4.69, 9.17) is 4.74 Å². The summed E-state index contributed by atoms with van der Waals surface area (Å²) in [4.78, 5) is 23.6. The largest absolute Gasteiger partial charge is 0.478 e. The second-order valence-electron chi connectivity index (χ2n) is 5.76. The molecule has 1 aliphatic carbocycles. The first-order valence-electron chi connectivity index (χ1n) is 7.04. The summed E-state index contributed by atoms with van der Waals surface area (Å²) in [7, 11) is 1.62. The van der Waals surface area contributed by atoms with Crippen molar-refractivity contribution in [3.8, 4) is 0 Å². The Morgan fingerprint density at radius 3 is 2.48 bits per heavy atom. The molecule has 0 unspecified atom stereocenters. The van der Waals surface area contributed by atoms with Gasteiger partial charge in [-0.25, -0.2) is 4.79 Å². The minimum atomic E-state index is -0.983. The summed E-state index contributed by atoms with van der Waals surface area (Å²) in [5, 5.41) is 12.1. The molecule has 1 aliphatic rings. The number of carboxylic acids is 1. The number of hydrogen-bond donors (Lipinski definition) is 2. The lowest BCUT2D eigenvalue weighted by atomic mass is 10.00. The molecule has 1 fully saturated rings. The van der Waals surface area contributed by atoms with Crippen LogP contribution < -0.4 is 5.32 Å². The number of amides is 1. The number of hydrogen-bond acceptors (Lipinski definition) is 3. The Labute approximate surface area is 124 Å². The summed E-state index contributed by atoms with van der Waals surface area (Å²) in [6.45, 7) is 4.17. The Morgan fingerprint density at radius 2 is 1.95 bits per heavy atom. The van der Waals surface area contributed by atoms with Crippen LogP contribution in [0.4, 0.5) is 5.69 Å². The highest BCUT2D eigenvalue weighted by atomic mass is 16.5. The number of ether oxygens (including phenoxy) is 1. The van der Waals surface area contributed by atoms with E-state index in [0.717, 1.165) is 18.4 Å². The maximum atomic E-state index is 12.4. The molecule has 0 heterocycles. The van der Waals surface area contributed by atoms with Gasteiger partial charge >= 0.3 is 5.97 Å². The highest BCUT2D eigenvalue weighted by molar-refractivity contribution is 5.99. The molecule has 5 nitrogen and oxygen atoms in total. The van der Waals surface area contributed by atoms with Crippen molar-refractivity contribution >= 4 is 17.6 Å². The van der Waals surface area contributed by atoms with E-state index in [1.807, 2.05) is 6.92 Å². The van der Waals surface area contributed by atoms with E-state index in [-0.39, 0.29) is 16.9 Å². The maximum absolute atomic E-state index is 12.4. The average Bonchev–Trinajstić information content (AvgIpc) is 3.20. The molecule has 5 heteroatoms. The zero-order valence-electron chi connectivity index (χ0n) is 12.7. The van der Waals surface area contributed by atoms with Crippen molar-refractivity contribution in [1.29, 1.82) is 0 Å². The molecule has 1 aromatic carbocycles. The predicted octanol–water partition coefficient (Wildman–Crippen LogP) is 2.76. The van der Waals surface area contributed by atoms with Crippen LogP contribution in [-0.4, -0.2) is 30.7 Å². The Hall–Kier alpha value is -1.88. The molecule has 2 N–H and O–H groups in total. The average molecular weight is 291 g/mol. The molecule has 0 aromatic heterocycles. The van der Waals surface area contributed by atoms with Gasteiger partial charge in [0.05, 0.1) is 11.0 Å². The molecule has 0 aliphatic heterocycles. The Balaban J connectivity index is 2.18. The monoisotopic (exact) mass is 291 g/mol. The van der Waals surface area contributed by atoms with Crippen LogP contribution in [0.1, 0.15) is 40.7 Å². The van der Waals surface area contributed by atoms with E-state index in [9.17, 15) is 14.7 Å². The van der Waals surface area contributed by atoms with E-state index < -0.39 is 5.97 Å². The van der Waals surface area contributed by atoms with Gasteiger partial charge in [0.2, 0.25) is 5.91 Å². The van der Waals surface area contributed by atoms with Crippen LogP contribution in [0, 0.1) is 19.3 Å². The maximum Gasteiger partial charge on any atom is 0.336 e. The van der Waals surface area contributed by atoms with Crippen molar-refractivity contribution in [3.05, 3.63) is 28.8 Å². The number of nitrogens with one attached hydrogen (secondary N) is 1. The van der Waals surface area contributed by atoms with Gasteiger partial charge in [0, 0.05) is 19.4 Å². The van der Waals surface area contributed by atoms with Gasteiger partial charge in [-0.2, -0.15) is 0 Å². The minimum Gasteiger partial charge on any atom is -0.478 e. The third kappa shape index (κ3) is 3.24. The molecule has 0 radical (unpaired) electrons. The van der Waals surface area contributed by atoms with E-state index >= 15 is 0 Å². The number of rotatable bonds is 6. The fourth-order valence-electron chi connectivity index (χ4n) is 2.51. The predicted molar refractivity (Wildman–Crippen MR) is 79.7 cm³/mol. The number of methoxy groups -OCH3 is 1. The van der Waals surface area contributed by atoms with Crippen molar-refractivity contribution in [2.45, 2.75) is 33.1 Å². The van der Waals surface area contributed by atoms with Gasteiger partial charge in [0.1, 0.15) is 0 Å². The number of carbonyl (C=O) groups is 2. The second-order valence-corrected chi connectivity index (χ2v) is 5.76. The number of benzene rings is 1. The molecule has 2 rings (SSSR count). The quantitative estimate of drug-likeness (QED) is 0.845. The van der Waals surface area contributed by atoms with Crippen molar-refractivity contribution in [2.24, 2.45) is 5.41 Å². The second kappa shape index (κ2) is 5.85. The van der Waals surface area contributed by atoms with Gasteiger partial charge in [-0.1, -0.05) is 6.07 Å². The third-order valence-corrected chi connectivity index (χ3v) is 4.17. The van der Waals surface area contributed by atoms with Gasteiger partial charge in [-0.05, 0) is 50.3 Å². The van der Waals surface area contributed by atoms with Crippen LogP contribution in [0.2, 0.25) is 0 Å². The molecule has 0 spiro atoms. The lowest BCUT2D eigenvalue weighted by Crippen LogP contribution is -2.26. The molecule has 1 saturated carbocycles. The van der Waals surface area contributed by atoms with Gasteiger partial charge in [-0.3, -0.25) is 4.79 Å². The van der Waals surface area contributed by atoms with Gasteiger partial charge in [0.25, 0.3) is 0 Å². The van der Waals surface area contributed by atoms with Crippen molar-refractivity contribution in [2.75, 3.05) is 19.0 Å². The number of carboxylic acid groups (broad SMARTS) is 1. The van der Waals surface area contributed by atoms with Gasteiger partial charge in [0.15, 0.2) is 0 Å². The normalized spacial score (nSPS) is 15.6. The molecule has 0 saturated heterocycles. The Kier molecular flexibility index (Phi) is 4.32. The fourth-order valence-corrected chi connectivity index (χ4v) is 2.51. The molecule has 21 heavy (non-hydrogen) atoms. The number of anilines is 1. The van der Waals surface area contributed by atoms with E-state index in [1.165, 1.54) is 6.07 Å². The summed E-state index contributed by atoms with van der Waals surface area (Å²) < 4.78 is 5.05. The van der Waals surface area contributed by atoms with Crippen molar-refractivity contribution in [3.63, 3.8) is 0 Å². The Morgan fingerprint density at radius 1 is 1.29 bits per heavy atom. The summed E-state index contributed by atoms with van der Waals surface area (Å²) >= 11 is 0. The number of aromatic carboxylic acids is 1. The van der Waals surface area contributed by atoms with Crippen LogP contribution in [0.15, 0.2) is 12.1 Å². The van der Waals surface area contributed by atoms with Crippen LogP contribution >= 0.6 is 0 Å². The summed E-state index contributed by atoms with van der Waals surface area (Å²) in [5.74, 6) is -1.02. The highest BCUT2D eigenvalue weighted by Gasteiger charge is 2.49. The van der Waals surface area contributed by atoms with Crippen LogP contribution in [-0.2, 0) is 9.53 Å². The molecule has 114 valence electrons. The topological polar surface area (TPSA) is 75.6 Å². The SMILES string of the molecule is COCCC1(C(=O)Nc2cc(C(=O)O)c(C)cc2C)CC1. The smallest absolute Gasteiger partial charge is 0.336 e. The fraction of sp³-hybridized carbons (Fsp3) is 0.500. The van der Waals surface area contributed by atoms with Crippen molar-refractivity contribution < 1.29 is 19.4 Å². The van der Waals surface area contributed by atoms with E-state index in [2.05, 4.69) is 5.32 Å². The number of aryl methyl sites for hydroxylation is 2. The van der Waals surface area contributed by atoms with Crippen molar-refractivity contribution in [1.82, 2.24) is 0 Å². The minimum absolute atomic E-state index is 0.0390. The molecule has 0 bridgehead atoms. The molecular weight excluding hydrogens is 270 g/mol. The summed E-state index contributed by atoms with van der Waals surface area (Å²) in [6, 6.07) is 3.32. The lowest BCUT2D eigenvalue weighted by Gasteiger charge is -2.17. The molecule has 1 amide bonds. The third-order valence-electron chi connectivity index (χ3n) is 4.17. The molecule has 0 atom stereocenters. The number of carbonyl (C=O) groups excluding carboxylic acids is 1. The Bertz CT molecular complexity index is 576. The van der Waals surface area contributed by atoms with Crippen LogP contribution in [0.25, 0.3) is 0 Å². The molecular formula is C16H21NO4. The zero-order valence-corrected chi connectivity index (χ0v) is 12.7. The summed E-state index contributed by atoms with van der Waals surface area (Å²) in [6.07, 6.45) is 2.42. The first-order valence-corrected chi connectivity index (χ1v) is 7.04. The van der Waals surface area contributed by atoms with Gasteiger partial charge < -0.3 is 15.2 Å². The molecule has 1 aromatic rings. The standard InChI is InChI=1S/C16H21NO4/c1-10-8-11(2)13(9-12(10)14(18)19)17-15(20)16(4-5-16)6-7-21-3/h8-9H,4-7H2,1-3H3,(H,17,20)(H,18,19). The highest BCUT2D eigenvalue weighted by Crippen LogP contribution is 2.49. The van der Waals surface area contributed by atoms with Crippen LogP contribution in [0.5, 0.6) is 0 Å². The van der Waals surface area contributed by atoms with Gasteiger partial charge in [-0.15, -0.1) is 0 Å². The van der Waals surface area contributed by atoms with Crippen LogP contribution in [0.3, 0.4) is 0 Å². The lowest BCUT2D eigenvalue weighted by molar-refractivity contribution is -0.121. The first kappa shape index (κ1) is 15.5.